The van der Waals surface area contributed by atoms with Crippen molar-refractivity contribution in [3.05, 3.63) is 59.2 Å². The van der Waals surface area contributed by atoms with E-state index < -0.39 is 0 Å². The van der Waals surface area contributed by atoms with E-state index in [-0.39, 0.29) is 5.97 Å². The molecule has 0 N–H and O–H groups in total. The first-order valence-corrected chi connectivity index (χ1v) is 10.9. The van der Waals surface area contributed by atoms with Crippen LogP contribution < -0.4 is 4.74 Å². The molecule has 0 aliphatic carbocycles. The van der Waals surface area contributed by atoms with E-state index in [4.69, 9.17) is 14.2 Å². The van der Waals surface area contributed by atoms with Crippen LogP contribution in [0.25, 0.3) is 0 Å². The van der Waals surface area contributed by atoms with Crippen LogP contribution in [0.15, 0.2) is 47.4 Å². The van der Waals surface area contributed by atoms with E-state index in [0.29, 0.717) is 18.8 Å². The van der Waals surface area contributed by atoms with Crippen molar-refractivity contribution in [1.82, 2.24) is 4.90 Å². The third kappa shape index (κ3) is 6.49. The molecule has 0 saturated carbocycles. The Kier molecular flexibility index (Phi) is 8.40. The zero-order chi connectivity index (χ0) is 20.5. The van der Waals surface area contributed by atoms with Crippen LogP contribution >= 0.6 is 11.8 Å². The highest BCUT2D eigenvalue weighted by molar-refractivity contribution is 7.99. The largest absolute Gasteiger partial charge is 0.497 e. The molecule has 0 amide bonds. The summed E-state index contributed by atoms with van der Waals surface area (Å²) >= 11 is 1.90. The molecule has 1 aliphatic heterocycles. The van der Waals surface area contributed by atoms with Gasteiger partial charge in [-0.2, -0.15) is 0 Å². The van der Waals surface area contributed by atoms with Crippen LogP contribution in [-0.2, 0) is 22.6 Å². The van der Waals surface area contributed by atoms with E-state index in [1.807, 2.05) is 42.1 Å². The molecular formula is C23H29NO4S. The van der Waals surface area contributed by atoms with Crippen molar-refractivity contribution in [3.63, 3.8) is 0 Å². The molecule has 5 nitrogen and oxygen atoms in total. The minimum absolute atomic E-state index is 0.263. The first kappa shape index (κ1) is 21.7. The van der Waals surface area contributed by atoms with Crippen molar-refractivity contribution in [2.24, 2.45) is 0 Å². The monoisotopic (exact) mass is 415 g/mol. The predicted octanol–water partition coefficient (Wildman–Crippen LogP) is 4.39. The second kappa shape index (κ2) is 11.2. The number of carbonyl (C=O) groups excluding carboxylic acids is 1. The molecule has 0 saturated heterocycles. The summed E-state index contributed by atoms with van der Waals surface area (Å²) in [7, 11) is 3.38. The number of unbranched alkanes of at least 4 members (excludes halogenated alkanes) is 1. The summed E-state index contributed by atoms with van der Waals surface area (Å²) in [5.41, 5.74) is 3.10. The standard InChI is InChI=1S/C23H29NO4S/c1-26-12-3-4-13-28-23(25)19-7-5-18(6-8-19)16-24-11-14-29-22-10-9-21(27-2)15-20(22)17-24/h5-10,15H,3-4,11-14,16-17H2,1-2H3. The molecule has 0 unspecified atom stereocenters. The summed E-state index contributed by atoms with van der Waals surface area (Å²) in [5, 5.41) is 0. The van der Waals surface area contributed by atoms with Gasteiger partial charge in [-0.15, -0.1) is 11.8 Å². The first-order valence-electron chi connectivity index (χ1n) is 9.96. The van der Waals surface area contributed by atoms with Crippen LogP contribution in [0.3, 0.4) is 0 Å². The molecule has 156 valence electrons. The Morgan fingerprint density at radius 1 is 1.07 bits per heavy atom. The molecular weight excluding hydrogens is 386 g/mol. The molecule has 0 fully saturated rings. The Hall–Kier alpha value is -2.02. The molecule has 2 aromatic carbocycles. The van der Waals surface area contributed by atoms with Crippen LogP contribution in [0.1, 0.15) is 34.3 Å². The molecule has 0 atom stereocenters. The SMILES string of the molecule is COCCCCOC(=O)c1ccc(CN2CCSc3ccc(OC)cc3C2)cc1. The fourth-order valence-corrected chi connectivity index (χ4v) is 4.33. The quantitative estimate of drug-likeness (QED) is 0.447. The fraction of sp³-hybridized carbons (Fsp3) is 0.435. The van der Waals surface area contributed by atoms with Gasteiger partial charge in [-0.3, -0.25) is 4.90 Å². The van der Waals surface area contributed by atoms with E-state index in [1.54, 1.807) is 14.2 Å². The summed E-state index contributed by atoms with van der Waals surface area (Å²) < 4.78 is 15.7. The van der Waals surface area contributed by atoms with Crippen LogP contribution in [-0.4, -0.2) is 50.6 Å². The van der Waals surface area contributed by atoms with Crippen LogP contribution in [0.5, 0.6) is 5.75 Å². The molecule has 0 spiro atoms. The van der Waals surface area contributed by atoms with Gasteiger partial charge in [-0.25, -0.2) is 4.79 Å². The maximum absolute atomic E-state index is 12.1. The number of fused-ring (bicyclic) bond motifs is 1. The summed E-state index contributed by atoms with van der Waals surface area (Å²) in [6.45, 7) is 3.89. The molecule has 6 heteroatoms. The number of carbonyl (C=O) groups is 1. The molecule has 2 aromatic rings. The number of nitrogens with zero attached hydrogens (tertiary/aromatic N) is 1. The zero-order valence-corrected chi connectivity index (χ0v) is 18.0. The number of esters is 1. The highest BCUT2D eigenvalue weighted by atomic mass is 32.2. The first-order chi connectivity index (χ1) is 14.2. The van der Waals surface area contributed by atoms with Gasteiger partial charge in [0.25, 0.3) is 0 Å². The molecule has 3 rings (SSSR count). The summed E-state index contributed by atoms with van der Waals surface area (Å²) in [6.07, 6.45) is 1.71. The van der Waals surface area contributed by atoms with Gasteiger partial charge in [0.15, 0.2) is 0 Å². The molecule has 0 bridgehead atoms. The van der Waals surface area contributed by atoms with Gasteiger partial charge in [-0.05, 0) is 54.3 Å². The average molecular weight is 416 g/mol. The fourth-order valence-electron chi connectivity index (χ4n) is 3.29. The van der Waals surface area contributed by atoms with E-state index in [2.05, 4.69) is 17.0 Å². The number of rotatable bonds is 9. The van der Waals surface area contributed by atoms with Gasteiger partial charge in [0.1, 0.15) is 5.75 Å². The minimum atomic E-state index is -0.263. The topological polar surface area (TPSA) is 48.0 Å². The van der Waals surface area contributed by atoms with Gasteiger partial charge in [0.2, 0.25) is 0 Å². The molecule has 1 heterocycles. The Balaban J connectivity index is 1.54. The molecule has 0 radical (unpaired) electrons. The lowest BCUT2D eigenvalue weighted by Crippen LogP contribution is -2.24. The summed E-state index contributed by atoms with van der Waals surface area (Å²) in [5.74, 6) is 1.70. The van der Waals surface area contributed by atoms with Crippen molar-refractivity contribution in [2.45, 2.75) is 30.8 Å². The number of hydrogen-bond donors (Lipinski definition) is 0. The third-order valence-corrected chi connectivity index (χ3v) is 5.99. The van der Waals surface area contributed by atoms with Gasteiger partial charge in [0.05, 0.1) is 19.3 Å². The smallest absolute Gasteiger partial charge is 0.338 e. The number of thioether (sulfide) groups is 1. The van der Waals surface area contributed by atoms with Crippen LogP contribution in [0.2, 0.25) is 0 Å². The Morgan fingerprint density at radius 3 is 2.62 bits per heavy atom. The highest BCUT2D eigenvalue weighted by Crippen LogP contribution is 2.31. The van der Waals surface area contributed by atoms with Crippen molar-refractivity contribution in [2.75, 3.05) is 39.7 Å². The van der Waals surface area contributed by atoms with Crippen LogP contribution in [0, 0.1) is 0 Å². The average Bonchev–Trinajstić information content (AvgIpc) is 2.95. The maximum atomic E-state index is 12.1. The van der Waals surface area contributed by atoms with Gasteiger partial charge >= 0.3 is 5.97 Å². The lowest BCUT2D eigenvalue weighted by molar-refractivity contribution is 0.0489. The Morgan fingerprint density at radius 2 is 1.86 bits per heavy atom. The lowest BCUT2D eigenvalue weighted by atomic mass is 10.1. The van der Waals surface area contributed by atoms with Gasteiger partial charge < -0.3 is 14.2 Å². The Bertz CT molecular complexity index is 794. The zero-order valence-electron chi connectivity index (χ0n) is 17.2. The van der Waals surface area contributed by atoms with Crippen molar-refractivity contribution in [3.8, 4) is 5.75 Å². The van der Waals surface area contributed by atoms with Crippen molar-refractivity contribution >= 4 is 17.7 Å². The number of benzene rings is 2. The third-order valence-electron chi connectivity index (χ3n) is 4.90. The summed E-state index contributed by atoms with van der Waals surface area (Å²) in [4.78, 5) is 15.9. The number of hydrogen-bond acceptors (Lipinski definition) is 6. The predicted molar refractivity (Wildman–Crippen MR) is 116 cm³/mol. The van der Waals surface area contributed by atoms with Crippen molar-refractivity contribution < 1.29 is 19.0 Å². The van der Waals surface area contributed by atoms with Gasteiger partial charge in [0, 0.05) is 44.0 Å². The second-order valence-electron chi connectivity index (χ2n) is 7.07. The van der Waals surface area contributed by atoms with E-state index >= 15 is 0 Å². The van der Waals surface area contributed by atoms with E-state index in [9.17, 15) is 4.79 Å². The number of ether oxygens (including phenoxy) is 3. The minimum Gasteiger partial charge on any atom is -0.497 e. The molecule has 29 heavy (non-hydrogen) atoms. The normalized spacial score (nSPS) is 14.1. The van der Waals surface area contributed by atoms with Crippen molar-refractivity contribution in [1.29, 1.82) is 0 Å². The number of methoxy groups -OCH3 is 2. The molecule has 0 aromatic heterocycles. The van der Waals surface area contributed by atoms with Gasteiger partial charge in [-0.1, -0.05) is 12.1 Å². The Labute approximate surface area is 177 Å². The lowest BCUT2D eigenvalue weighted by Gasteiger charge is -2.20. The maximum Gasteiger partial charge on any atom is 0.338 e. The summed E-state index contributed by atoms with van der Waals surface area (Å²) in [6, 6.07) is 14.1. The van der Waals surface area contributed by atoms with E-state index in [1.165, 1.54) is 16.0 Å². The highest BCUT2D eigenvalue weighted by Gasteiger charge is 2.16. The second-order valence-corrected chi connectivity index (χ2v) is 8.20. The van der Waals surface area contributed by atoms with E-state index in [0.717, 1.165) is 44.0 Å². The molecule has 1 aliphatic rings. The van der Waals surface area contributed by atoms with Crippen LogP contribution in [0.4, 0.5) is 0 Å².